The van der Waals surface area contributed by atoms with E-state index in [0.717, 1.165) is 15.7 Å². The van der Waals surface area contributed by atoms with Gasteiger partial charge in [-0.25, -0.2) is 14.4 Å². The highest BCUT2D eigenvalue weighted by atomic mass is 127. The van der Waals surface area contributed by atoms with Gasteiger partial charge in [-0.1, -0.05) is 25.1 Å². The molecule has 0 unspecified atom stereocenters. The molecule has 0 aliphatic carbocycles. The van der Waals surface area contributed by atoms with Gasteiger partial charge in [0.2, 0.25) is 0 Å². The maximum absolute atomic E-state index is 13.5. The third-order valence-electron chi connectivity index (χ3n) is 2.63. The molecule has 94 valence electrons. The lowest BCUT2D eigenvalue weighted by Crippen LogP contribution is -2.08. The minimum atomic E-state index is -0.240. The summed E-state index contributed by atoms with van der Waals surface area (Å²) in [7, 11) is 0. The van der Waals surface area contributed by atoms with E-state index in [0.29, 0.717) is 23.6 Å². The molecule has 0 aliphatic rings. The van der Waals surface area contributed by atoms with Crippen molar-refractivity contribution in [1.29, 1.82) is 0 Å². The summed E-state index contributed by atoms with van der Waals surface area (Å²) in [5.74, 6) is 0.792. The van der Waals surface area contributed by atoms with Crippen molar-refractivity contribution in [2.24, 2.45) is 0 Å². The molecule has 0 saturated heterocycles. The first kappa shape index (κ1) is 13.2. The number of hydrogen-bond donors (Lipinski definition) is 1. The fourth-order valence-corrected chi connectivity index (χ4v) is 2.31. The number of nitrogens with zero attached hydrogens (tertiary/aromatic N) is 2. The number of hydrogen-bond acceptors (Lipinski definition) is 3. The number of rotatable bonds is 3. The number of aryl methyl sites for hydroxylation is 1. The van der Waals surface area contributed by atoms with E-state index in [1.54, 1.807) is 18.2 Å². The van der Waals surface area contributed by atoms with E-state index in [9.17, 15) is 4.39 Å². The van der Waals surface area contributed by atoms with Crippen molar-refractivity contribution in [3.8, 4) is 0 Å². The first-order valence-electron chi connectivity index (χ1n) is 5.66. The number of halogens is 2. The highest BCUT2D eigenvalue weighted by Crippen LogP contribution is 2.18. The van der Waals surface area contributed by atoms with Gasteiger partial charge in [-0.3, -0.25) is 0 Å². The van der Waals surface area contributed by atoms with Crippen molar-refractivity contribution >= 4 is 28.4 Å². The van der Waals surface area contributed by atoms with E-state index in [1.165, 1.54) is 6.07 Å². The van der Waals surface area contributed by atoms with Crippen molar-refractivity contribution in [2.45, 2.75) is 19.8 Å². The number of anilines is 1. The lowest BCUT2D eigenvalue weighted by Gasteiger charge is -2.08. The summed E-state index contributed by atoms with van der Waals surface area (Å²) < 4.78 is 14.4. The summed E-state index contributed by atoms with van der Waals surface area (Å²) in [4.78, 5) is 8.63. The van der Waals surface area contributed by atoms with Crippen molar-refractivity contribution in [3.63, 3.8) is 0 Å². The Morgan fingerprint density at radius 2 is 2.00 bits per heavy atom. The second-order valence-electron chi connectivity index (χ2n) is 3.91. The molecule has 0 fully saturated rings. The molecule has 2 rings (SSSR count). The Labute approximate surface area is 119 Å². The molecule has 1 heterocycles. The average molecular weight is 357 g/mol. The second kappa shape index (κ2) is 5.60. The lowest BCUT2D eigenvalue weighted by molar-refractivity contribution is 0.612. The largest absolute Gasteiger partial charge is 0.383 e. The molecule has 0 aliphatic heterocycles. The normalized spacial score (nSPS) is 10.6. The van der Waals surface area contributed by atoms with Crippen LogP contribution in [0.15, 0.2) is 24.3 Å². The van der Waals surface area contributed by atoms with Crippen molar-refractivity contribution < 1.29 is 4.39 Å². The van der Waals surface area contributed by atoms with Crippen LogP contribution in [-0.2, 0) is 12.8 Å². The SMILES string of the molecule is CCc1nc(Cc2ccccc2F)nc(N)c1I. The van der Waals surface area contributed by atoms with Crippen molar-refractivity contribution in [3.05, 3.63) is 50.7 Å². The van der Waals surface area contributed by atoms with E-state index in [4.69, 9.17) is 5.73 Å². The van der Waals surface area contributed by atoms with E-state index in [2.05, 4.69) is 32.6 Å². The standard InChI is InChI=1S/C13H13FIN3/c1-2-10-12(15)13(16)18-11(17-10)7-8-5-3-4-6-9(8)14/h3-6H,2,7H2,1H3,(H2,16,17,18). The molecule has 2 N–H and O–H groups in total. The summed E-state index contributed by atoms with van der Waals surface area (Å²) in [6, 6.07) is 6.64. The Hall–Kier alpha value is -1.24. The van der Waals surface area contributed by atoms with Gasteiger partial charge >= 0.3 is 0 Å². The molecule has 0 atom stereocenters. The van der Waals surface area contributed by atoms with Crippen LogP contribution in [0.25, 0.3) is 0 Å². The zero-order chi connectivity index (χ0) is 13.1. The van der Waals surface area contributed by atoms with Gasteiger partial charge in [0.05, 0.1) is 9.26 Å². The van der Waals surface area contributed by atoms with Crippen LogP contribution >= 0.6 is 22.6 Å². The minimum absolute atomic E-state index is 0.240. The molecule has 1 aromatic carbocycles. The van der Waals surface area contributed by atoms with Gasteiger partial charge in [0.25, 0.3) is 0 Å². The smallest absolute Gasteiger partial charge is 0.140 e. The van der Waals surface area contributed by atoms with Gasteiger partial charge in [0, 0.05) is 6.42 Å². The predicted molar refractivity (Wildman–Crippen MR) is 77.7 cm³/mol. The Morgan fingerprint density at radius 1 is 1.28 bits per heavy atom. The van der Waals surface area contributed by atoms with Crippen LogP contribution in [-0.4, -0.2) is 9.97 Å². The van der Waals surface area contributed by atoms with Gasteiger partial charge in [0.1, 0.15) is 17.5 Å². The Kier molecular flexibility index (Phi) is 4.11. The first-order valence-corrected chi connectivity index (χ1v) is 6.73. The predicted octanol–water partition coefficient (Wildman–Crippen LogP) is 2.96. The monoisotopic (exact) mass is 357 g/mol. The van der Waals surface area contributed by atoms with Gasteiger partial charge in [-0.2, -0.15) is 0 Å². The third kappa shape index (κ3) is 2.77. The molecule has 18 heavy (non-hydrogen) atoms. The molecule has 5 heteroatoms. The summed E-state index contributed by atoms with van der Waals surface area (Å²) >= 11 is 2.14. The van der Waals surface area contributed by atoms with Crippen molar-refractivity contribution in [2.75, 3.05) is 5.73 Å². The van der Waals surface area contributed by atoms with Crippen LogP contribution in [0.2, 0.25) is 0 Å². The average Bonchev–Trinajstić information content (AvgIpc) is 2.36. The van der Waals surface area contributed by atoms with Crippen LogP contribution in [0, 0.1) is 9.39 Å². The maximum atomic E-state index is 13.5. The van der Waals surface area contributed by atoms with Crippen LogP contribution < -0.4 is 5.73 Å². The first-order chi connectivity index (χ1) is 8.61. The molecule has 2 aromatic rings. The summed E-state index contributed by atoms with van der Waals surface area (Å²) in [5.41, 5.74) is 7.33. The van der Waals surface area contributed by atoms with E-state index in [1.807, 2.05) is 6.92 Å². The number of aromatic nitrogens is 2. The molecule has 0 saturated carbocycles. The van der Waals surface area contributed by atoms with Crippen LogP contribution in [0.4, 0.5) is 10.2 Å². The maximum Gasteiger partial charge on any atom is 0.140 e. The fourth-order valence-electron chi connectivity index (χ4n) is 1.69. The molecular weight excluding hydrogens is 344 g/mol. The fraction of sp³-hybridized carbons (Fsp3) is 0.231. The zero-order valence-electron chi connectivity index (χ0n) is 9.95. The quantitative estimate of drug-likeness (QED) is 0.860. The molecule has 1 aromatic heterocycles. The van der Waals surface area contributed by atoms with Crippen molar-refractivity contribution in [1.82, 2.24) is 9.97 Å². The van der Waals surface area contributed by atoms with Crippen LogP contribution in [0.1, 0.15) is 24.0 Å². The number of nitrogen functional groups attached to an aromatic ring is 1. The second-order valence-corrected chi connectivity index (χ2v) is 4.99. The van der Waals surface area contributed by atoms with Gasteiger partial charge in [-0.15, -0.1) is 0 Å². The number of benzene rings is 1. The molecule has 0 radical (unpaired) electrons. The minimum Gasteiger partial charge on any atom is -0.383 e. The number of nitrogens with two attached hydrogens (primary N) is 1. The van der Waals surface area contributed by atoms with Crippen LogP contribution in [0.3, 0.4) is 0 Å². The van der Waals surface area contributed by atoms with E-state index < -0.39 is 0 Å². The Morgan fingerprint density at radius 3 is 2.67 bits per heavy atom. The summed E-state index contributed by atoms with van der Waals surface area (Å²) in [5, 5.41) is 0. The van der Waals surface area contributed by atoms with Gasteiger partial charge in [0.15, 0.2) is 0 Å². The Bertz CT molecular complexity index is 572. The zero-order valence-corrected chi connectivity index (χ0v) is 12.1. The Balaban J connectivity index is 2.36. The third-order valence-corrected chi connectivity index (χ3v) is 3.81. The van der Waals surface area contributed by atoms with Gasteiger partial charge < -0.3 is 5.73 Å². The molecule has 0 spiro atoms. The van der Waals surface area contributed by atoms with Crippen LogP contribution in [0.5, 0.6) is 0 Å². The summed E-state index contributed by atoms with van der Waals surface area (Å²) in [6.45, 7) is 2.01. The topological polar surface area (TPSA) is 51.8 Å². The molecule has 0 amide bonds. The van der Waals surface area contributed by atoms with E-state index >= 15 is 0 Å². The molecule has 3 nitrogen and oxygen atoms in total. The molecular formula is C13H13FIN3. The van der Waals surface area contributed by atoms with E-state index in [-0.39, 0.29) is 5.82 Å². The highest BCUT2D eigenvalue weighted by molar-refractivity contribution is 14.1. The highest BCUT2D eigenvalue weighted by Gasteiger charge is 2.10. The summed E-state index contributed by atoms with van der Waals surface area (Å²) in [6.07, 6.45) is 1.15. The van der Waals surface area contributed by atoms with Gasteiger partial charge in [-0.05, 0) is 40.6 Å². The molecule has 0 bridgehead atoms. The lowest BCUT2D eigenvalue weighted by atomic mass is 10.1.